The van der Waals surface area contributed by atoms with Gasteiger partial charge in [0.25, 0.3) is 0 Å². The van der Waals surface area contributed by atoms with Gasteiger partial charge in [-0.1, -0.05) is 311 Å². The molecular weight excluding hydrogens is 1170 g/mol. The highest BCUT2D eigenvalue weighted by atomic mass is 31.2. The molecule has 0 saturated carbocycles. The van der Waals surface area contributed by atoms with Crippen molar-refractivity contribution >= 4 is 39.5 Å². The fourth-order valence-corrected chi connectivity index (χ4v) is 12.2. The molecule has 0 fully saturated rings. The number of carbonyl (C=O) groups excluding carboxylic acids is 4. The van der Waals surface area contributed by atoms with Gasteiger partial charge in [0.1, 0.15) is 19.3 Å². The molecule has 0 saturated heterocycles. The average molecular weight is 1310 g/mol. The van der Waals surface area contributed by atoms with Crippen molar-refractivity contribution in [3.8, 4) is 0 Å². The van der Waals surface area contributed by atoms with E-state index < -0.39 is 97.5 Å². The van der Waals surface area contributed by atoms with Crippen molar-refractivity contribution in [2.24, 2.45) is 5.92 Å². The van der Waals surface area contributed by atoms with Gasteiger partial charge in [-0.3, -0.25) is 37.3 Å². The predicted octanol–water partition coefficient (Wildman–Crippen LogP) is 20.1. The maximum atomic E-state index is 13.0. The molecule has 0 aromatic rings. The van der Waals surface area contributed by atoms with E-state index in [0.717, 1.165) is 102 Å². The van der Waals surface area contributed by atoms with Crippen molar-refractivity contribution in [3.63, 3.8) is 0 Å². The number of phosphoric acid groups is 2. The fraction of sp³-hybridized carbons (Fsp3) is 0.943. The van der Waals surface area contributed by atoms with Crippen molar-refractivity contribution in [2.45, 2.75) is 380 Å². The number of rotatable bonds is 70. The third kappa shape index (κ3) is 64.6. The number of aliphatic hydroxyl groups is 1. The van der Waals surface area contributed by atoms with Gasteiger partial charge in [-0.2, -0.15) is 0 Å². The summed E-state index contributed by atoms with van der Waals surface area (Å²) in [6.45, 7) is 7.24. The van der Waals surface area contributed by atoms with Crippen LogP contribution < -0.4 is 0 Å². The topological polar surface area (TPSA) is 237 Å². The molecule has 0 rings (SSSR count). The molecule has 17 nitrogen and oxygen atoms in total. The van der Waals surface area contributed by atoms with E-state index in [9.17, 15) is 43.2 Å². The van der Waals surface area contributed by atoms with E-state index in [-0.39, 0.29) is 25.7 Å². The first-order chi connectivity index (χ1) is 43.0. The first-order valence-electron chi connectivity index (χ1n) is 36.6. The molecule has 0 bridgehead atoms. The lowest BCUT2D eigenvalue weighted by Crippen LogP contribution is -2.30. The van der Waals surface area contributed by atoms with Gasteiger partial charge in [-0.05, 0) is 31.6 Å². The van der Waals surface area contributed by atoms with Gasteiger partial charge in [0.15, 0.2) is 12.2 Å². The minimum atomic E-state index is -4.95. The Labute approximate surface area is 543 Å². The van der Waals surface area contributed by atoms with Gasteiger partial charge in [-0.15, -0.1) is 0 Å². The maximum absolute atomic E-state index is 13.0. The Morgan fingerprint density at radius 3 is 0.764 bits per heavy atom. The van der Waals surface area contributed by atoms with E-state index in [2.05, 4.69) is 34.6 Å². The number of aliphatic hydroxyl groups excluding tert-OH is 1. The van der Waals surface area contributed by atoms with Crippen molar-refractivity contribution in [2.75, 3.05) is 39.6 Å². The number of hydrogen-bond acceptors (Lipinski definition) is 15. The Kier molecular flexibility index (Phi) is 62.1. The largest absolute Gasteiger partial charge is 0.472 e. The Morgan fingerprint density at radius 2 is 0.517 bits per heavy atom. The summed E-state index contributed by atoms with van der Waals surface area (Å²) in [4.78, 5) is 72.4. The van der Waals surface area contributed by atoms with Gasteiger partial charge in [-0.25, -0.2) is 9.13 Å². The summed E-state index contributed by atoms with van der Waals surface area (Å²) in [5.74, 6) is -1.33. The van der Waals surface area contributed by atoms with Gasteiger partial charge in [0, 0.05) is 25.7 Å². The zero-order chi connectivity index (χ0) is 65.6. The second-order valence-electron chi connectivity index (χ2n) is 25.7. The van der Waals surface area contributed by atoms with E-state index >= 15 is 0 Å². The Hall–Kier alpha value is -1.94. The lowest BCUT2D eigenvalue weighted by atomic mass is 10.0. The summed E-state index contributed by atoms with van der Waals surface area (Å²) in [6.07, 6.45) is 49.9. The van der Waals surface area contributed by atoms with E-state index in [1.165, 1.54) is 180 Å². The summed E-state index contributed by atoms with van der Waals surface area (Å²) in [7, 11) is -9.89. The molecule has 0 amide bonds. The predicted molar refractivity (Wildman–Crippen MR) is 358 cm³/mol. The third-order valence-electron chi connectivity index (χ3n) is 16.3. The first kappa shape index (κ1) is 87.1. The van der Waals surface area contributed by atoms with E-state index in [4.69, 9.17) is 37.0 Å². The normalized spacial score (nSPS) is 14.1. The molecule has 0 aliphatic rings. The zero-order valence-electron chi connectivity index (χ0n) is 57.6. The van der Waals surface area contributed by atoms with Gasteiger partial charge < -0.3 is 33.8 Å². The van der Waals surface area contributed by atoms with Crippen LogP contribution in [0.2, 0.25) is 0 Å². The smallest absolute Gasteiger partial charge is 0.462 e. The SMILES string of the molecule is CCCCCCCCCCCCCCCC(=O)OC[C@H](COP(=O)(O)OC[C@@H](O)COP(=O)(O)OC[C@@H](COC(=O)CCCCCCCCCC)OC(=O)CCCCCCCCCCCCC)OC(=O)CCCCCCCCCCCCCCCCC(C)C. The zero-order valence-corrected chi connectivity index (χ0v) is 59.4. The summed E-state index contributed by atoms with van der Waals surface area (Å²) in [6, 6.07) is 0. The molecule has 0 aromatic carbocycles. The summed E-state index contributed by atoms with van der Waals surface area (Å²) in [5.41, 5.74) is 0. The quantitative estimate of drug-likeness (QED) is 0.0222. The van der Waals surface area contributed by atoms with Crippen LogP contribution in [0, 0.1) is 5.92 Å². The summed E-state index contributed by atoms with van der Waals surface area (Å²) in [5, 5.41) is 10.6. The molecule has 0 aliphatic heterocycles. The highest BCUT2D eigenvalue weighted by Crippen LogP contribution is 2.45. The molecule has 89 heavy (non-hydrogen) atoms. The second kappa shape index (κ2) is 63.5. The highest BCUT2D eigenvalue weighted by molar-refractivity contribution is 7.47. The van der Waals surface area contributed by atoms with E-state index in [0.29, 0.717) is 25.7 Å². The molecule has 0 spiro atoms. The molecule has 0 heterocycles. The Morgan fingerprint density at radius 1 is 0.303 bits per heavy atom. The minimum absolute atomic E-state index is 0.107. The third-order valence-corrected chi connectivity index (χ3v) is 18.2. The van der Waals surface area contributed by atoms with E-state index in [1.807, 2.05) is 0 Å². The average Bonchev–Trinajstić information content (AvgIpc) is 3.63. The van der Waals surface area contributed by atoms with Crippen LogP contribution in [-0.4, -0.2) is 96.7 Å². The number of esters is 4. The minimum Gasteiger partial charge on any atom is -0.462 e. The van der Waals surface area contributed by atoms with Crippen LogP contribution in [0.3, 0.4) is 0 Å². The van der Waals surface area contributed by atoms with Crippen LogP contribution in [-0.2, 0) is 65.4 Å². The van der Waals surface area contributed by atoms with Gasteiger partial charge >= 0.3 is 39.5 Å². The van der Waals surface area contributed by atoms with Crippen LogP contribution in [0.5, 0.6) is 0 Å². The van der Waals surface area contributed by atoms with Gasteiger partial charge in [0.2, 0.25) is 0 Å². The molecule has 0 aromatic heterocycles. The van der Waals surface area contributed by atoms with Gasteiger partial charge in [0.05, 0.1) is 26.4 Å². The molecular formula is C70H136O17P2. The highest BCUT2D eigenvalue weighted by Gasteiger charge is 2.30. The Bertz CT molecular complexity index is 1720. The van der Waals surface area contributed by atoms with Crippen LogP contribution in [0.1, 0.15) is 362 Å². The van der Waals surface area contributed by atoms with Crippen molar-refractivity contribution in [1.82, 2.24) is 0 Å². The Balaban J connectivity index is 5.21. The summed E-state index contributed by atoms with van der Waals surface area (Å²) >= 11 is 0. The maximum Gasteiger partial charge on any atom is 0.472 e. The molecule has 3 N–H and O–H groups in total. The molecule has 2 unspecified atom stereocenters. The van der Waals surface area contributed by atoms with Crippen molar-refractivity contribution < 1.29 is 80.2 Å². The van der Waals surface area contributed by atoms with Crippen LogP contribution >= 0.6 is 15.6 Å². The monoisotopic (exact) mass is 1310 g/mol. The van der Waals surface area contributed by atoms with Crippen LogP contribution in [0.25, 0.3) is 0 Å². The van der Waals surface area contributed by atoms with Crippen molar-refractivity contribution in [1.29, 1.82) is 0 Å². The number of carbonyl (C=O) groups is 4. The van der Waals surface area contributed by atoms with Crippen molar-refractivity contribution in [3.05, 3.63) is 0 Å². The number of hydrogen-bond donors (Lipinski definition) is 3. The molecule has 528 valence electrons. The first-order valence-corrected chi connectivity index (χ1v) is 39.6. The molecule has 0 radical (unpaired) electrons. The lowest BCUT2D eigenvalue weighted by molar-refractivity contribution is -0.161. The fourth-order valence-electron chi connectivity index (χ4n) is 10.6. The van der Waals surface area contributed by atoms with Crippen LogP contribution in [0.4, 0.5) is 0 Å². The number of phosphoric ester groups is 2. The second-order valence-corrected chi connectivity index (χ2v) is 28.7. The molecule has 0 aliphatic carbocycles. The van der Waals surface area contributed by atoms with Crippen LogP contribution in [0.15, 0.2) is 0 Å². The standard InChI is InChI=1S/C70H136O17P2/c1-6-9-12-15-18-21-23-26-31-34-39-44-49-54-68(73)81-60-66(87-70(75)56-51-46-41-36-32-28-25-24-27-30-33-37-42-47-52-63(4)5)62-85-89(78,79)83-58-64(71)57-82-88(76,77)84-61-65(59-80-67(72)53-48-43-38-20-17-14-11-8-3)86-69(74)55-50-45-40-35-29-22-19-16-13-10-7-2/h63-66,71H,6-62H2,1-5H3,(H,76,77)(H,78,79)/t64-,65+,66+/m0/s1. The summed E-state index contributed by atoms with van der Waals surface area (Å²) < 4.78 is 68.2. The lowest BCUT2D eigenvalue weighted by Gasteiger charge is -2.21. The molecule has 5 atom stereocenters. The number of ether oxygens (including phenoxy) is 4. The molecule has 19 heteroatoms. The van der Waals surface area contributed by atoms with E-state index in [1.54, 1.807) is 0 Å². The number of unbranched alkanes of at least 4 members (excludes halogenated alkanes) is 42.